The molecule has 0 aliphatic carbocycles. The number of thiophene rings is 1. The van der Waals surface area contributed by atoms with Crippen LogP contribution in [-0.2, 0) is 11.0 Å². The number of rotatable bonds is 5. The van der Waals surface area contributed by atoms with Crippen LogP contribution in [0.1, 0.15) is 15.9 Å². The first-order chi connectivity index (χ1) is 11.3. The summed E-state index contributed by atoms with van der Waals surface area (Å²) in [5, 5.41) is 4.85. The molecule has 0 atom stereocenters. The molecule has 0 saturated carbocycles. The number of nitrogens with zero attached hydrogens (tertiary/aromatic N) is 2. The number of nitrogens with one attached hydrogen (secondary N) is 1. The number of amides is 2. The van der Waals surface area contributed by atoms with Crippen molar-refractivity contribution in [1.29, 1.82) is 0 Å². The summed E-state index contributed by atoms with van der Waals surface area (Å²) in [7, 11) is 0. The topological polar surface area (TPSA) is 52.7 Å². The van der Waals surface area contributed by atoms with Crippen LogP contribution in [0.4, 0.5) is 13.2 Å². The summed E-state index contributed by atoms with van der Waals surface area (Å²) in [5.74, 6) is -0.758. The quantitative estimate of drug-likeness (QED) is 0.814. The molecule has 1 N–H and O–H groups in total. The van der Waals surface area contributed by atoms with Crippen molar-refractivity contribution in [1.82, 2.24) is 15.1 Å². The highest BCUT2D eigenvalue weighted by molar-refractivity contribution is 7.08. The van der Waals surface area contributed by atoms with E-state index in [0.29, 0.717) is 32.7 Å². The van der Waals surface area contributed by atoms with E-state index in [-0.39, 0.29) is 18.0 Å². The average molecular weight is 361 g/mol. The van der Waals surface area contributed by atoms with Gasteiger partial charge in [0.25, 0.3) is 5.91 Å². The first kappa shape index (κ1) is 18.5. The molecular formula is C15H18F3N3O2S. The molecular weight excluding hydrogens is 343 g/mol. The lowest BCUT2D eigenvalue weighted by Gasteiger charge is -2.34. The number of carbonyl (C=O) groups excluding carboxylic acids is 2. The normalized spacial score (nSPS) is 16.0. The lowest BCUT2D eigenvalue weighted by Crippen LogP contribution is -2.51. The predicted molar refractivity (Wildman–Crippen MR) is 84.9 cm³/mol. The summed E-state index contributed by atoms with van der Waals surface area (Å²) < 4.78 is 38.7. The van der Waals surface area contributed by atoms with Crippen molar-refractivity contribution in [3.05, 3.63) is 34.5 Å². The monoisotopic (exact) mass is 361 g/mol. The average Bonchev–Trinajstić information content (AvgIpc) is 3.03. The van der Waals surface area contributed by atoms with E-state index in [1.165, 1.54) is 10.3 Å². The molecule has 0 spiro atoms. The van der Waals surface area contributed by atoms with E-state index in [1.54, 1.807) is 6.08 Å². The van der Waals surface area contributed by atoms with Crippen LogP contribution in [0, 0.1) is 0 Å². The molecule has 1 fully saturated rings. The third-order valence-corrected chi connectivity index (χ3v) is 4.41. The fourth-order valence-electron chi connectivity index (χ4n) is 2.41. The van der Waals surface area contributed by atoms with Gasteiger partial charge in [0.15, 0.2) is 0 Å². The number of piperazine rings is 1. The Morgan fingerprint density at radius 1 is 1.25 bits per heavy atom. The minimum Gasteiger partial charge on any atom is -0.352 e. The van der Waals surface area contributed by atoms with Gasteiger partial charge in [0.2, 0.25) is 5.91 Å². The second-order valence-corrected chi connectivity index (χ2v) is 6.10. The zero-order valence-electron chi connectivity index (χ0n) is 12.9. The smallest absolute Gasteiger partial charge is 0.352 e. The van der Waals surface area contributed by atoms with Crippen molar-refractivity contribution in [2.75, 3.05) is 39.3 Å². The maximum absolute atomic E-state index is 12.9. The largest absolute Gasteiger partial charge is 0.417 e. The Morgan fingerprint density at radius 2 is 1.92 bits per heavy atom. The molecule has 2 heterocycles. The summed E-state index contributed by atoms with van der Waals surface area (Å²) in [6.07, 6.45) is -2.95. The van der Waals surface area contributed by atoms with Crippen LogP contribution in [-0.4, -0.2) is 60.9 Å². The van der Waals surface area contributed by atoms with Crippen LogP contribution in [0.15, 0.2) is 23.4 Å². The molecule has 0 radical (unpaired) electrons. The first-order valence-electron chi connectivity index (χ1n) is 7.35. The molecule has 1 saturated heterocycles. The molecule has 0 bridgehead atoms. The van der Waals surface area contributed by atoms with Crippen LogP contribution in [0.5, 0.6) is 0 Å². The summed E-state index contributed by atoms with van der Waals surface area (Å²) in [4.78, 5) is 27.2. The predicted octanol–water partition coefficient (Wildman–Crippen LogP) is 1.83. The van der Waals surface area contributed by atoms with Crippen molar-refractivity contribution >= 4 is 23.2 Å². The molecule has 0 aromatic carbocycles. The van der Waals surface area contributed by atoms with Crippen molar-refractivity contribution in [2.24, 2.45) is 0 Å². The maximum Gasteiger partial charge on any atom is 0.417 e. The van der Waals surface area contributed by atoms with Gasteiger partial charge >= 0.3 is 6.18 Å². The van der Waals surface area contributed by atoms with Gasteiger partial charge in [-0.15, -0.1) is 6.58 Å². The Morgan fingerprint density at radius 3 is 2.50 bits per heavy atom. The fraction of sp³-hybridized carbons (Fsp3) is 0.467. The number of hydrogen-bond donors (Lipinski definition) is 1. The molecule has 2 rings (SSSR count). The Balaban J connectivity index is 1.91. The van der Waals surface area contributed by atoms with Gasteiger partial charge in [-0.3, -0.25) is 14.5 Å². The summed E-state index contributed by atoms with van der Waals surface area (Å²) in [6.45, 7) is 5.56. The third kappa shape index (κ3) is 4.57. The lowest BCUT2D eigenvalue weighted by molar-refractivity contribution is -0.137. The van der Waals surface area contributed by atoms with Gasteiger partial charge in [-0.1, -0.05) is 6.08 Å². The fourth-order valence-corrected chi connectivity index (χ4v) is 3.24. The summed E-state index contributed by atoms with van der Waals surface area (Å²) in [6, 6.07) is 0. The van der Waals surface area contributed by atoms with Gasteiger partial charge in [-0.05, 0) is 0 Å². The Kier molecular flexibility index (Phi) is 6.00. The van der Waals surface area contributed by atoms with E-state index >= 15 is 0 Å². The Bertz CT molecular complexity index is 607. The second-order valence-electron chi connectivity index (χ2n) is 5.36. The van der Waals surface area contributed by atoms with Gasteiger partial charge in [-0.2, -0.15) is 24.5 Å². The van der Waals surface area contributed by atoms with Crippen molar-refractivity contribution in [3.8, 4) is 0 Å². The minimum atomic E-state index is -4.53. The third-order valence-electron chi connectivity index (χ3n) is 3.67. The molecule has 2 amide bonds. The van der Waals surface area contributed by atoms with Gasteiger partial charge in [0.05, 0.1) is 17.7 Å². The molecule has 1 aliphatic rings. The number of alkyl halides is 3. The van der Waals surface area contributed by atoms with Crippen molar-refractivity contribution < 1.29 is 22.8 Å². The first-order valence-corrected chi connectivity index (χ1v) is 8.30. The molecule has 0 unspecified atom stereocenters. The summed E-state index contributed by atoms with van der Waals surface area (Å²) in [5.41, 5.74) is -1.19. The van der Waals surface area contributed by atoms with E-state index in [4.69, 9.17) is 0 Å². The molecule has 5 nitrogen and oxygen atoms in total. The zero-order chi connectivity index (χ0) is 17.7. The molecule has 9 heteroatoms. The van der Waals surface area contributed by atoms with Crippen molar-refractivity contribution in [2.45, 2.75) is 6.18 Å². The molecule has 24 heavy (non-hydrogen) atoms. The van der Waals surface area contributed by atoms with Gasteiger partial charge in [0.1, 0.15) is 0 Å². The zero-order valence-corrected chi connectivity index (χ0v) is 13.8. The molecule has 1 aliphatic heterocycles. The van der Waals surface area contributed by atoms with Crippen LogP contribution in [0.2, 0.25) is 0 Å². The van der Waals surface area contributed by atoms with E-state index in [0.717, 1.165) is 16.7 Å². The van der Waals surface area contributed by atoms with Crippen LogP contribution in [0.3, 0.4) is 0 Å². The van der Waals surface area contributed by atoms with E-state index in [9.17, 15) is 22.8 Å². The number of carbonyl (C=O) groups is 2. The highest BCUT2D eigenvalue weighted by atomic mass is 32.1. The summed E-state index contributed by atoms with van der Waals surface area (Å²) >= 11 is 0.863. The van der Waals surface area contributed by atoms with Gasteiger partial charge in [-0.25, -0.2) is 0 Å². The van der Waals surface area contributed by atoms with Crippen LogP contribution < -0.4 is 5.32 Å². The maximum atomic E-state index is 12.9. The van der Waals surface area contributed by atoms with Gasteiger partial charge in [0, 0.05) is 43.5 Å². The van der Waals surface area contributed by atoms with Gasteiger partial charge < -0.3 is 10.2 Å². The molecule has 1 aromatic rings. The standard InChI is InChI=1S/C15H18F3N3O2S/c1-2-3-19-13(22)8-20-4-6-21(7-5-20)14(23)11-9-24-10-12(11)15(16,17)18/h2,9-10H,1,3-8H2,(H,19,22). The number of halogens is 3. The SMILES string of the molecule is C=CCNC(=O)CN1CCN(C(=O)c2cscc2C(F)(F)F)CC1. The van der Waals surface area contributed by atoms with Crippen LogP contribution >= 0.6 is 11.3 Å². The molecule has 1 aromatic heterocycles. The highest BCUT2D eigenvalue weighted by Crippen LogP contribution is 2.34. The van der Waals surface area contributed by atoms with E-state index in [2.05, 4.69) is 11.9 Å². The Labute approximate surface area is 141 Å². The lowest BCUT2D eigenvalue weighted by atomic mass is 10.1. The van der Waals surface area contributed by atoms with Crippen molar-refractivity contribution in [3.63, 3.8) is 0 Å². The second kappa shape index (κ2) is 7.80. The van der Waals surface area contributed by atoms with E-state index in [1.807, 2.05) is 4.90 Å². The molecule has 132 valence electrons. The number of hydrogen-bond acceptors (Lipinski definition) is 4. The van der Waals surface area contributed by atoms with E-state index < -0.39 is 17.6 Å². The van der Waals surface area contributed by atoms with Crippen LogP contribution in [0.25, 0.3) is 0 Å². The highest BCUT2D eigenvalue weighted by Gasteiger charge is 2.37. The Hall–Kier alpha value is -1.87. The minimum absolute atomic E-state index is 0.146.